The highest BCUT2D eigenvalue weighted by Gasteiger charge is 2.19. The molecule has 1 amide bonds. The van der Waals surface area contributed by atoms with Crippen LogP contribution in [-0.4, -0.2) is 21.1 Å². The van der Waals surface area contributed by atoms with Crippen LogP contribution < -0.4 is 4.90 Å². The maximum absolute atomic E-state index is 12.2. The first-order chi connectivity index (χ1) is 14.0. The minimum Gasteiger partial charge on any atom is -0.469 e. The monoisotopic (exact) mass is 426 g/mol. The number of furan rings is 1. The second-order valence-corrected chi connectivity index (χ2v) is 8.13. The fourth-order valence-electron chi connectivity index (χ4n) is 2.78. The number of thiazole rings is 1. The summed E-state index contributed by atoms with van der Waals surface area (Å²) in [6.45, 7) is 5.38. The summed E-state index contributed by atoms with van der Waals surface area (Å²) in [5, 5.41) is 11.2. The van der Waals surface area contributed by atoms with Crippen molar-refractivity contribution in [1.82, 2.24) is 15.2 Å². The SMILES string of the molecule is CC(=O)N(c1cccc(C)c1)c1nc(CSc2nnc(-c3ccoc3C)o2)cs1. The Morgan fingerprint density at radius 2 is 2.10 bits per heavy atom. The third kappa shape index (κ3) is 4.25. The van der Waals surface area contributed by atoms with Crippen molar-refractivity contribution in [3.8, 4) is 11.5 Å². The lowest BCUT2D eigenvalue weighted by atomic mass is 10.2. The Hall–Kier alpha value is -2.91. The van der Waals surface area contributed by atoms with Gasteiger partial charge in [0.25, 0.3) is 11.1 Å². The van der Waals surface area contributed by atoms with Crippen LogP contribution in [0.1, 0.15) is 23.9 Å². The van der Waals surface area contributed by atoms with E-state index in [1.165, 1.54) is 30.0 Å². The Kier molecular flexibility index (Phi) is 5.50. The second-order valence-electron chi connectivity index (χ2n) is 6.37. The van der Waals surface area contributed by atoms with E-state index in [0.29, 0.717) is 22.0 Å². The van der Waals surface area contributed by atoms with Crippen LogP contribution in [0.25, 0.3) is 11.5 Å². The van der Waals surface area contributed by atoms with Crippen molar-refractivity contribution in [1.29, 1.82) is 0 Å². The Bertz CT molecular complexity index is 1150. The van der Waals surface area contributed by atoms with Gasteiger partial charge < -0.3 is 8.83 Å². The lowest BCUT2D eigenvalue weighted by Gasteiger charge is -2.18. The number of anilines is 2. The molecule has 0 aliphatic heterocycles. The van der Waals surface area contributed by atoms with E-state index in [1.54, 1.807) is 17.2 Å². The van der Waals surface area contributed by atoms with Gasteiger partial charge in [-0.05, 0) is 37.6 Å². The van der Waals surface area contributed by atoms with Crippen LogP contribution in [0.3, 0.4) is 0 Å². The minimum absolute atomic E-state index is 0.0822. The van der Waals surface area contributed by atoms with Crippen LogP contribution in [-0.2, 0) is 10.5 Å². The number of hydrogen-bond donors (Lipinski definition) is 0. The zero-order valence-electron chi connectivity index (χ0n) is 16.1. The third-order valence-corrected chi connectivity index (χ3v) is 5.87. The lowest BCUT2D eigenvalue weighted by Crippen LogP contribution is -2.22. The first-order valence-corrected chi connectivity index (χ1v) is 10.7. The van der Waals surface area contributed by atoms with Gasteiger partial charge in [0.05, 0.1) is 23.2 Å². The maximum atomic E-state index is 12.2. The average molecular weight is 427 g/mol. The second kappa shape index (κ2) is 8.22. The summed E-state index contributed by atoms with van der Waals surface area (Å²) >= 11 is 2.83. The first-order valence-electron chi connectivity index (χ1n) is 8.84. The number of carbonyl (C=O) groups excluding carboxylic acids is 1. The number of aryl methyl sites for hydroxylation is 2. The molecule has 7 nitrogen and oxygen atoms in total. The molecule has 3 heterocycles. The number of rotatable bonds is 6. The van der Waals surface area contributed by atoms with Crippen LogP contribution >= 0.6 is 23.1 Å². The first kappa shape index (κ1) is 19.4. The normalized spacial score (nSPS) is 11.0. The van der Waals surface area contributed by atoms with Crippen molar-refractivity contribution < 1.29 is 13.6 Å². The van der Waals surface area contributed by atoms with Gasteiger partial charge >= 0.3 is 0 Å². The molecule has 148 valence electrons. The fourth-order valence-corrected chi connectivity index (χ4v) is 4.43. The third-order valence-electron chi connectivity index (χ3n) is 4.14. The van der Waals surface area contributed by atoms with Crippen LogP contribution in [0, 0.1) is 13.8 Å². The van der Waals surface area contributed by atoms with Gasteiger partial charge in [-0.2, -0.15) is 0 Å². The molecule has 1 aromatic carbocycles. The molecule has 0 unspecified atom stereocenters. The van der Waals surface area contributed by atoms with E-state index >= 15 is 0 Å². The molecule has 0 aliphatic carbocycles. The lowest BCUT2D eigenvalue weighted by molar-refractivity contribution is -0.115. The highest BCUT2D eigenvalue weighted by Crippen LogP contribution is 2.32. The summed E-state index contributed by atoms with van der Waals surface area (Å²) in [6, 6.07) is 9.60. The van der Waals surface area contributed by atoms with Gasteiger partial charge in [0, 0.05) is 18.1 Å². The molecule has 0 aliphatic rings. The molecule has 0 bridgehead atoms. The minimum atomic E-state index is -0.0822. The Labute approximate surface area is 175 Å². The number of carbonyl (C=O) groups is 1. The van der Waals surface area contributed by atoms with Gasteiger partial charge in [0.1, 0.15) is 5.76 Å². The predicted octanol–water partition coefficient (Wildman–Crippen LogP) is 5.38. The van der Waals surface area contributed by atoms with Crippen molar-refractivity contribution in [2.75, 3.05) is 4.90 Å². The highest BCUT2D eigenvalue weighted by atomic mass is 32.2. The van der Waals surface area contributed by atoms with E-state index in [-0.39, 0.29) is 5.91 Å². The van der Waals surface area contributed by atoms with Crippen LogP contribution in [0.5, 0.6) is 0 Å². The molecule has 0 fully saturated rings. The molecule has 0 atom stereocenters. The Balaban J connectivity index is 1.47. The average Bonchev–Trinajstić information content (AvgIpc) is 3.41. The highest BCUT2D eigenvalue weighted by molar-refractivity contribution is 7.98. The zero-order chi connectivity index (χ0) is 20.4. The summed E-state index contributed by atoms with van der Waals surface area (Å²) < 4.78 is 11.0. The molecule has 29 heavy (non-hydrogen) atoms. The largest absolute Gasteiger partial charge is 0.469 e. The van der Waals surface area contributed by atoms with E-state index < -0.39 is 0 Å². The molecule has 4 rings (SSSR count). The van der Waals surface area contributed by atoms with Crippen molar-refractivity contribution in [2.24, 2.45) is 0 Å². The number of nitrogens with zero attached hydrogens (tertiary/aromatic N) is 4. The van der Waals surface area contributed by atoms with E-state index in [4.69, 9.17) is 8.83 Å². The summed E-state index contributed by atoms with van der Waals surface area (Å²) in [6.07, 6.45) is 1.59. The summed E-state index contributed by atoms with van der Waals surface area (Å²) in [5.41, 5.74) is 3.52. The van der Waals surface area contributed by atoms with Gasteiger partial charge in [-0.25, -0.2) is 4.98 Å². The summed E-state index contributed by atoms with van der Waals surface area (Å²) in [7, 11) is 0. The molecule has 0 saturated heterocycles. The van der Waals surface area contributed by atoms with Crippen molar-refractivity contribution in [3.05, 3.63) is 59.0 Å². The number of thioether (sulfide) groups is 1. The molecule has 4 aromatic rings. The van der Waals surface area contributed by atoms with E-state index in [1.807, 2.05) is 43.5 Å². The van der Waals surface area contributed by atoms with Crippen molar-refractivity contribution >= 4 is 39.8 Å². The summed E-state index contributed by atoms with van der Waals surface area (Å²) in [4.78, 5) is 18.5. The molecule has 0 spiro atoms. The number of amides is 1. The molecule has 3 aromatic heterocycles. The fraction of sp³-hybridized carbons (Fsp3) is 0.200. The summed E-state index contributed by atoms with van der Waals surface area (Å²) in [5.74, 6) is 1.64. The molecular weight excluding hydrogens is 408 g/mol. The van der Waals surface area contributed by atoms with Gasteiger partial charge in [0.2, 0.25) is 5.91 Å². The number of hydrogen-bond acceptors (Lipinski definition) is 8. The van der Waals surface area contributed by atoms with E-state index in [0.717, 1.165) is 28.3 Å². The zero-order valence-corrected chi connectivity index (χ0v) is 17.7. The number of aromatic nitrogens is 3. The topological polar surface area (TPSA) is 85.3 Å². The van der Waals surface area contributed by atoms with Gasteiger partial charge in [-0.3, -0.25) is 9.69 Å². The van der Waals surface area contributed by atoms with E-state index in [2.05, 4.69) is 15.2 Å². The van der Waals surface area contributed by atoms with Crippen LogP contribution in [0.4, 0.5) is 10.8 Å². The van der Waals surface area contributed by atoms with Gasteiger partial charge in [-0.1, -0.05) is 23.9 Å². The molecule has 9 heteroatoms. The van der Waals surface area contributed by atoms with Crippen LogP contribution in [0.15, 0.2) is 56.0 Å². The number of benzene rings is 1. The Morgan fingerprint density at radius 3 is 2.83 bits per heavy atom. The molecule has 0 radical (unpaired) electrons. The standard InChI is InChI=1S/C20H18N4O3S2/c1-12-5-4-6-16(9-12)24(14(3)25)19-21-15(10-28-19)11-29-20-23-22-18(27-20)17-7-8-26-13(17)2/h4-10H,11H2,1-3H3. The van der Waals surface area contributed by atoms with Crippen molar-refractivity contribution in [3.63, 3.8) is 0 Å². The van der Waals surface area contributed by atoms with Crippen LogP contribution in [0.2, 0.25) is 0 Å². The maximum Gasteiger partial charge on any atom is 0.277 e. The van der Waals surface area contributed by atoms with E-state index in [9.17, 15) is 4.79 Å². The molecular formula is C20H18N4O3S2. The quantitative estimate of drug-likeness (QED) is 0.383. The van der Waals surface area contributed by atoms with Crippen molar-refractivity contribution in [2.45, 2.75) is 31.7 Å². The molecule has 0 N–H and O–H groups in total. The smallest absolute Gasteiger partial charge is 0.277 e. The van der Waals surface area contributed by atoms with Gasteiger partial charge in [0.15, 0.2) is 5.13 Å². The van der Waals surface area contributed by atoms with Gasteiger partial charge in [-0.15, -0.1) is 21.5 Å². The molecule has 0 saturated carbocycles. The Morgan fingerprint density at radius 1 is 1.24 bits per heavy atom. The predicted molar refractivity (Wildman–Crippen MR) is 112 cm³/mol.